The van der Waals surface area contributed by atoms with Gasteiger partial charge >= 0.3 is 23.9 Å². The molecule has 320 valence electrons. The van der Waals surface area contributed by atoms with Crippen LogP contribution >= 0.6 is 0 Å². The van der Waals surface area contributed by atoms with E-state index in [0.29, 0.717) is 18.4 Å². The quantitative estimate of drug-likeness (QED) is 0.0366. The third-order valence-electron chi connectivity index (χ3n) is 7.66. The Labute approximate surface area is 349 Å². The van der Waals surface area contributed by atoms with Crippen molar-refractivity contribution in [3.05, 3.63) is 89.5 Å². The van der Waals surface area contributed by atoms with Crippen molar-refractivity contribution in [3.63, 3.8) is 0 Å². The second-order valence-corrected chi connectivity index (χ2v) is 12.1. The molecule has 3 rings (SSSR count). The second kappa shape index (κ2) is 28.0. The third-order valence-corrected chi connectivity index (χ3v) is 7.66. The normalized spacial score (nSPS) is 10.6. The fourth-order valence-electron chi connectivity index (χ4n) is 4.76. The van der Waals surface area contributed by atoms with Crippen LogP contribution in [0.5, 0.6) is 17.2 Å². The topological polar surface area (TPSA) is 281 Å². The zero-order valence-corrected chi connectivity index (χ0v) is 32.7. The molecule has 20 heteroatoms. The van der Waals surface area contributed by atoms with E-state index >= 15 is 0 Å². The monoisotopic (exact) mass is 843 g/mol. The molecule has 3 aromatic carbocycles. The van der Waals surface area contributed by atoms with Crippen LogP contribution in [0.15, 0.2) is 72.8 Å². The van der Waals surface area contributed by atoms with Gasteiger partial charge in [0.25, 0.3) is 12.5 Å². The molecule has 0 bridgehead atoms. The van der Waals surface area contributed by atoms with Crippen LogP contribution in [-0.2, 0) is 47.6 Å². The van der Waals surface area contributed by atoms with E-state index in [0.717, 1.165) is 0 Å². The third kappa shape index (κ3) is 19.6. The molecule has 61 heavy (non-hydrogen) atoms. The predicted octanol–water partition coefficient (Wildman–Crippen LogP) is 2.26. The summed E-state index contributed by atoms with van der Waals surface area (Å²) in [6.07, 6.45) is 3.92. The molecular weight excluding hydrogens is 802 g/mol. The number of esters is 4. The molecule has 0 fully saturated rings. The van der Waals surface area contributed by atoms with Gasteiger partial charge in [-0.3, -0.25) is 9.59 Å². The molecule has 0 aliphatic carbocycles. The van der Waals surface area contributed by atoms with Gasteiger partial charge in [0.15, 0.2) is 0 Å². The molecule has 2 amide bonds. The van der Waals surface area contributed by atoms with E-state index < -0.39 is 54.9 Å². The van der Waals surface area contributed by atoms with E-state index in [-0.39, 0.29) is 87.6 Å². The summed E-state index contributed by atoms with van der Waals surface area (Å²) in [4.78, 5) is 74.2. The van der Waals surface area contributed by atoms with E-state index in [1.165, 1.54) is 85.3 Å². The summed E-state index contributed by atoms with van der Waals surface area (Å²) in [7, 11) is 0. The van der Waals surface area contributed by atoms with Crippen molar-refractivity contribution in [2.75, 3.05) is 66.0 Å². The standard InChI is InChI=1S/C41H41N5O15/c42-23-29-4-10-34(11-5-29)61-38(49)26-55-19-22-58-41(52)35(46-37(48)25-54-18-21-57-40(51)31-8-14-33(15-9-31)60-28-44)3-1-2-16-45-36(47)24-53-17-20-56-39(50)30-6-12-32(13-7-30)59-27-43/h4-15,35H,1-3,16-22,24-26H2,(H,45,47)(H,46,48). The van der Waals surface area contributed by atoms with Crippen LogP contribution in [0.4, 0.5) is 0 Å². The minimum Gasteiger partial charge on any atom is -0.462 e. The van der Waals surface area contributed by atoms with Crippen molar-refractivity contribution in [2.45, 2.75) is 25.3 Å². The summed E-state index contributed by atoms with van der Waals surface area (Å²) in [5, 5.41) is 31.2. The number of nitriles is 3. The lowest BCUT2D eigenvalue weighted by molar-refractivity contribution is -0.151. The minimum atomic E-state index is -1.12. The van der Waals surface area contributed by atoms with Crippen molar-refractivity contribution >= 4 is 35.7 Å². The maximum Gasteiger partial charge on any atom is 0.338 e. The number of benzene rings is 3. The lowest BCUT2D eigenvalue weighted by atomic mass is 10.1. The van der Waals surface area contributed by atoms with Gasteiger partial charge in [-0.2, -0.15) is 5.26 Å². The Morgan fingerprint density at radius 1 is 0.557 bits per heavy atom. The van der Waals surface area contributed by atoms with Gasteiger partial charge < -0.3 is 53.3 Å². The van der Waals surface area contributed by atoms with Crippen molar-refractivity contribution in [1.82, 2.24) is 10.6 Å². The highest BCUT2D eigenvalue weighted by atomic mass is 16.6. The number of amides is 2. The van der Waals surface area contributed by atoms with Crippen molar-refractivity contribution in [1.29, 1.82) is 15.8 Å². The van der Waals surface area contributed by atoms with Gasteiger partial charge in [-0.15, -0.1) is 10.5 Å². The van der Waals surface area contributed by atoms with Crippen molar-refractivity contribution in [3.8, 4) is 35.8 Å². The number of ether oxygens (including phenoxy) is 9. The molecule has 0 radical (unpaired) electrons. The fourth-order valence-corrected chi connectivity index (χ4v) is 4.76. The maximum absolute atomic E-state index is 13.0. The first-order valence-electron chi connectivity index (χ1n) is 18.4. The summed E-state index contributed by atoms with van der Waals surface area (Å²) >= 11 is 0. The Morgan fingerprint density at radius 2 is 1.05 bits per heavy atom. The smallest absolute Gasteiger partial charge is 0.338 e. The van der Waals surface area contributed by atoms with Crippen LogP contribution in [0.3, 0.4) is 0 Å². The summed E-state index contributed by atoms with van der Waals surface area (Å²) in [6.45, 7) is -1.92. The second-order valence-electron chi connectivity index (χ2n) is 12.1. The van der Waals surface area contributed by atoms with Crippen LogP contribution in [0.2, 0.25) is 0 Å². The molecule has 0 aromatic heterocycles. The molecule has 0 saturated carbocycles. The van der Waals surface area contributed by atoms with Gasteiger partial charge in [0.05, 0.1) is 42.6 Å². The number of hydrogen-bond donors (Lipinski definition) is 2. The molecule has 3 aromatic rings. The lowest BCUT2D eigenvalue weighted by Gasteiger charge is -2.18. The highest BCUT2D eigenvalue weighted by Crippen LogP contribution is 2.14. The Hall–Kier alpha value is -7.57. The summed E-state index contributed by atoms with van der Waals surface area (Å²) < 4.78 is 45.7. The summed E-state index contributed by atoms with van der Waals surface area (Å²) in [5.74, 6) is -3.15. The van der Waals surface area contributed by atoms with Gasteiger partial charge in [0.1, 0.15) is 62.9 Å². The first-order valence-corrected chi connectivity index (χ1v) is 18.4. The first-order chi connectivity index (χ1) is 29.6. The predicted molar refractivity (Wildman–Crippen MR) is 205 cm³/mol. The highest BCUT2D eigenvalue weighted by Gasteiger charge is 2.22. The Balaban J connectivity index is 1.36. The number of hydrogen-bond acceptors (Lipinski definition) is 18. The highest BCUT2D eigenvalue weighted by molar-refractivity contribution is 5.90. The Kier molecular flexibility index (Phi) is 21.9. The Morgan fingerprint density at radius 3 is 1.57 bits per heavy atom. The van der Waals surface area contributed by atoms with Gasteiger partial charge in [0.2, 0.25) is 11.8 Å². The van der Waals surface area contributed by atoms with Crippen LogP contribution in [0, 0.1) is 34.4 Å². The van der Waals surface area contributed by atoms with Gasteiger partial charge in [-0.25, -0.2) is 19.2 Å². The minimum absolute atomic E-state index is 0.0452. The lowest BCUT2D eigenvalue weighted by Crippen LogP contribution is -2.44. The van der Waals surface area contributed by atoms with E-state index in [1.54, 1.807) is 0 Å². The molecule has 0 aliphatic rings. The molecule has 0 aliphatic heterocycles. The first kappa shape index (κ1) is 47.8. The zero-order chi connectivity index (χ0) is 44.1. The number of carbonyl (C=O) groups is 6. The molecule has 0 heterocycles. The van der Waals surface area contributed by atoms with Crippen molar-refractivity contribution in [2.24, 2.45) is 0 Å². The van der Waals surface area contributed by atoms with Gasteiger partial charge in [0, 0.05) is 6.54 Å². The number of nitrogens with zero attached hydrogens (tertiary/aromatic N) is 3. The number of nitrogens with one attached hydrogen (secondary N) is 2. The number of rotatable bonds is 27. The fraction of sp³-hybridized carbons (Fsp3) is 0.341. The van der Waals surface area contributed by atoms with Crippen LogP contribution in [0.1, 0.15) is 45.5 Å². The van der Waals surface area contributed by atoms with Crippen molar-refractivity contribution < 1.29 is 71.4 Å². The Bertz CT molecular complexity index is 2020. The zero-order valence-electron chi connectivity index (χ0n) is 32.7. The molecule has 1 unspecified atom stereocenters. The molecular formula is C41H41N5O15. The average molecular weight is 844 g/mol. The molecule has 20 nitrogen and oxygen atoms in total. The molecule has 2 N–H and O–H groups in total. The maximum atomic E-state index is 13.0. The van der Waals surface area contributed by atoms with E-state index in [9.17, 15) is 28.8 Å². The molecule has 1 atom stereocenters. The molecule has 0 saturated heterocycles. The van der Waals surface area contributed by atoms with Crippen LogP contribution in [0.25, 0.3) is 0 Å². The largest absolute Gasteiger partial charge is 0.462 e. The average Bonchev–Trinajstić information content (AvgIpc) is 3.26. The van der Waals surface area contributed by atoms with Crippen LogP contribution < -0.4 is 24.8 Å². The summed E-state index contributed by atoms with van der Waals surface area (Å²) in [6, 6.07) is 18.1. The van der Waals surface area contributed by atoms with Gasteiger partial charge in [-0.1, -0.05) is 0 Å². The number of carbonyl (C=O) groups excluding carboxylic acids is 6. The molecule has 0 spiro atoms. The van der Waals surface area contributed by atoms with Crippen LogP contribution in [-0.4, -0.2) is 108 Å². The van der Waals surface area contributed by atoms with Gasteiger partial charge in [-0.05, 0) is 92.1 Å². The van der Waals surface area contributed by atoms with E-state index in [2.05, 4.69) is 20.1 Å². The van der Waals surface area contributed by atoms with E-state index in [4.69, 9.17) is 48.9 Å². The van der Waals surface area contributed by atoms with E-state index in [1.807, 2.05) is 6.07 Å². The number of unbranched alkanes of at least 4 members (excludes halogenated alkanes) is 1. The SMILES string of the molecule is N#COc1ccc(C(=O)OCCOCC(=O)NCCCCC(NC(=O)COCCOC(=O)c2ccc(OC#N)cc2)C(=O)OCCOCC(=O)Oc2ccc(C#N)cc2)cc1. The summed E-state index contributed by atoms with van der Waals surface area (Å²) in [5.41, 5.74) is 0.837.